The van der Waals surface area contributed by atoms with Gasteiger partial charge in [-0.25, -0.2) is 27.0 Å². The molecule has 1 aromatic heterocycles. The highest BCUT2D eigenvalue weighted by Crippen LogP contribution is 2.17. The third-order valence-corrected chi connectivity index (χ3v) is 8.50. The molecule has 5 atom stereocenters. The van der Waals surface area contributed by atoms with Crippen molar-refractivity contribution in [1.82, 2.24) is 26.3 Å². The molecule has 0 fully saturated rings. The van der Waals surface area contributed by atoms with E-state index in [4.69, 9.17) is 9.15 Å². The molecule has 0 saturated heterocycles. The van der Waals surface area contributed by atoms with Gasteiger partial charge in [-0.15, -0.1) is 0 Å². The molecule has 0 bridgehead atoms. The third kappa shape index (κ3) is 14.4. The molecular formula is C33H49F2N5O9S. The summed E-state index contributed by atoms with van der Waals surface area (Å²) in [7, 11) is -3.88. The SMILES string of the molecule is Cc1nc(COC(=O)N[C@@H](CS(C)(=O)=O)C(=O)N[C@H](Cc2cc(F)cc(F)c2)[C@@H](O)C[C@@H](C)C(=O)N[C@@H](C(=O)NCC(C)C)C(C)C)c(C)o1. The molecule has 0 aliphatic rings. The second-order valence-corrected chi connectivity index (χ2v) is 15.5. The lowest BCUT2D eigenvalue weighted by molar-refractivity contribution is -0.132. The number of rotatable bonds is 18. The van der Waals surface area contributed by atoms with Crippen molar-refractivity contribution < 1.29 is 50.6 Å². The van der Waals surface area contributed by atoms with E-state index >= 15 is 0 Å². The van der Waals surface area contributed by atoms with Gasteiger partial charge in [0.25, 0.3) is 0 Å². The Morgan fingerprint density at radius 1 is 0.940 bits per heavy atom. The average Bonchev–Trinajstić information content (AvgIpc) is 3.31. The Hall–Kier alpha value is -4.12. The summed E-state index contributed by atoms with van der Waals surface area (Å²) >= 11 is 0. The Balaban J connectivity index is 2.27. The van der Waals surface area contributed by atoms with Crippen molar-refractivity contribution in [3.63, 3.8) is 0 Å². The van der Waals surface area contributed by atoms with Crippen LogP contribution in [0.25, 0.3) is 0 Å². The van der Waals surface area contributed by atoms with Crippen LogP contribution >= 0.6 is 0 Å². The fraction of sp³-hybridized carbons (Fsp3) is 0.606. The van der Waals surface area contributed by atoms with E-state index in [-0.39, 0.29) is 42.8 Å². The van der Waals surface area contributed by atoms with Crippen LogP contribution in [0.15, 0.2) is 22.6 Å². The summed E-state index contributed by atoms with van der Waals surface area (Å²) in [6, 6.07) is -1.28. The van der Waals surface area contributed by atoms with E-state index in [2.05, 4.69) is 26.3 Å². The number of hydrogen-bond acceptors (Lipinski definition) is 10. The van der Waals surface area contributed by atoms with E-state index < -0.39 is 75.3 Å². The Bertz CT molecular complexity index is 1580. The zero-order valence-corrected chi connectivity index (χ0v) is 30.5. The molecular weight excluding hydrogens is 680 g/mol. The number of oxazole rings is 1. The number of hydrogen-bond donors (Lipinski definition) is 5. The first-order valence-corrected chi connectivity index (χ1v) is 18.3. The zero-order valence-electron chi connectivity index (χ0n) is 29.6. The number of halogens is 2. The van der Waals surface area contributed by atoms with Gasteiger partial charge in [0.1, 0.15) is 51.6 Å². The monoisotopic (exact) mass is 729 g/mol. The van der Waals surface area contributed by atoms with Crippen LogP contribution in [0.4, 0.5) is 13.6 Å². The minimum absolute atomic E-state index is 0.0379. The lowest BCUT2D eigenvalue weighted by Crippen LogP contribution is -2.56. The Morgan fingerprint density at radius 2 is 1.56 bits per heavy atom. The van der Waals surface area contributed by atoms with Crippen molar-refractivity contribution in [1.29, 1.82) is 0 Å². The summed E-state index contributed by atoms with van der Waals surface area (Å²) in [6.45, 7) is 12.1. The van der Waals surface area contributed by atoms with Gasteiger partial charge in [0.2, 0.25) is 17.7 Å². The highest BCUT2D eigenvalue weighted by molar-refractivity contribution is 7.90. The van der Waals surface area contributed by atoms with Crippen LogP contribution in [-0.2, 0) is 42.0 Å². The summed E-state index contributed by atoms with van der Waals surface area (Å²) in [5, 5.41) is 21.5. The van der Waals surface area contributed by atoms with Crippen LogP contribution < -0.4 is 21.3 Å². The number of aliphatic hydroxyl groups excluding tert-OH is 1. The number of nitrogens with one attached hydrogen (secondary N) is 4. The molecule has 4 amide bonds. The van der Waals surface area contributed by atoms with Gasteiger partial charge in [0, 0.05) is 31.7 Å². The van der Waals surface area contributed by atoms with Gasteiger partial charge in [-0.1, -0.05) is 34.6 Å². The highest BCUT2D eigenvalue weighted by atomic mass is 32.2. The average molecular weight is 730 g/mol. The molecule has 0 radical (unpaired) electrons. The van der Waals surface area contributed by atoms with Gasteiger partial charge >= 0.3 is 6.09 Å². The summed E-state index contributed by atoms with van der Waals surface area (Å²) in [5.74, 6) is -4.98. The van der Waals surface area contributed by atoms with Crippen LogP contribution in [0.1, 0.15) is 63.9 Å². The molecule has 0 aliphatic heterocycles. The molecule has 1 heterocycles. The predicted molar refractivity (Wildman–Crippen MR) is 179 cm³/mol. The zero-order chi connectivity index (χ0) is 37.9. The van der Waals surface area contributed by atoms with Gasteiger partial charge in [-0.3, -0.25) is 14.4 Å². The molecule has 280 valence electrons. The minimum atomic E-state index is -3.88. The van der Waals surface area contributed by atoms with E-state index in [1.54, 1.807) is 27.7 Å². The molecule has 0 unspecified atom stereocenters. The number of carbonyl (C=O) groups is 4. The number of nitrogens with zero attached hydrogens (tertiary/aromatic N) is 1. The minimum Gasteiger partial charge on any atom is -0.446 e. The first-order valence-electron chi connectivity index (χ1n) is 16.2. The van der Waals surface area contributed by atoms with E-state index in [0.717, 1.165) is 18.4 Å². The summed E-state index contributed by atoms with van der Waals surface area (Å²) in [5.41, 5.74) is 0.345. The maximum atomic E-state index is 14.1. The fourth-order valence-corrected chi connectivity index (χ4v) is 5.78. The van der Waals surface area contributed by atoms with Crippen molar-refractivity contribution in [3.8, 4) is 0 Å². The summed E-state index contributed by atoms with van der Waals surface area (Å²) in [4.78, 5) is 56.1. The van der Waals surface area contributed by atoms with Crippen molar-refractivity contribution in [3.05, 3.63) is 52.7 Å². The molecule has 5 N–H and O–H groups in total. The van der Waals surface area contributed by atoms with Crippen molar-refractivity contribution in [2.45, 2.75) is 92.1 Å². The molecule has 14 nitrogen and oxygen atoms in total. The number of sulfone groups is 1. The second kappa shape index (κ2) is 18.8. The number of benzene rings is 1. The van der Waals surface area contributed by atoms with Crippen molar-refractivity contribution in [2.24, 2.45) is 17.8 Å². The number of aryl methyl sites for hydroxylation is 2. The smallest absolute Gasteiger partial charge is 0.408 e. The molecule has 0 saturated carbocycles. The number of alkyl carbamates (subject to hydrolysis) is 1. The van der Waals surface area contributed by atoms with Crippen LogP contribution in [0.2, 0.25) is 0 Å². The Morgan fingerprint density at radius 3 is 2.08 bits per heavy atom. The van der Waals surface area contributed by atoms with E-state index in [1.807, 2.05) is 13.8 Å². The van der Waals surface area contributed by atoms with Crippen molar-refractivity contribution >= 4 is 33.7 Å². The van der Waals surface area contributed by atoms with Crippen LogP contribution in [-0.4, -0.2) is 85.1 Å². The standard InChI is InChI=1S/C33H49F2N5O9S/c1-17(2)14-36-32(44)29(18(3)4)40-30(42)19(5)9-28(41)25(12-22-10-23(34)13-24(35)11-22)38-31(43)27(16-50(8,46)47)39-33(45)48-15-26-20(6)49-21(7)37-26/h10-11,13,17-19,25,27-29,41H,9,12,14-16H2,1-8H3,(H,36,44)(H,38,43)(H,39,45)(H,40,42)/t19-,25-,27+,28+,29-/m1/s1. The number of ether oxygens (including phenoxy) is 1. The second-order valence-electron chi connectivity index (χ2n) is 13.3. The van der Waals surface area contributed by atoms with E-state index in [1.165, 1.54) is 6.92 Å². The number of carbonyl (C=O) groups excluding carboxylic acids is 4. The van der Waals surface area contributed by atoms with Gasteiger partial charge in [-0.05, 0) is 49.3 Å². The van der Waals surface area contributed by atoms with Gasteiger partial charge in [0.05, 0.1) is 17.9 Å². The van der Waals surface area contributed by atoms with Gasteiger partial charge in [-0.2, -0.15) is 0 Å². The molecule has 0 aliphatic carbocycles. The van der Waals surface area contributed by atoms with Gasteiger partial charge in [0.15, 0.2) is 5.89 Å². The molecule has 2 rings (SSSR count). The lowest BCUT2D eigenvalue weighted by Gasteiger charge is -2.29. The maximum Gasteiger partial charge on any atom is 0.408 e. The topological polar surface area (TPSA) is 206 Å². The number of aromatic nitrogens is 1. The molecule has 2 aromatic rings. The largest absolute Gasteiger partial charge is 0.446 e. The Kier molecular flexibility index (Phi) is 15.8. The Labute approximate surface area is 291 Å². The third-order valence-electron chi connectivity index (χ3n) is 7.56. The highest BCUT2D eigenvalue weighted by Gasteiger charge is 2.33. The number of aliphatic hydroxyl groups is 1. The molecule has 1 aromatic carbocycles. The van der Waals surface area contributed by atoms with E-state index in [0.29, 0.717) is 30.0 Å². The van der Waals surface area contributed by atoms with Crippen LogP contribution in [0.5, 0.6) is 0 Å². The van der Waals surface area contributed by atoms with Crippen LogP contribution in [0.3, 0.4) is 0 Å². The lowest BCUT2D eigenvalue weighted by atomic mass is 9.92. The van der Waals surface area contributed by atoms with Gasteiger partial charge < -0.3 is 35.5 Å². The first kappa shape index (κ1) is 42.0. The van der Waals surface area contributed by atoms with Crippen LogP contribution in [0, 0.1) is 43.2 Å². The maximum absolute atomic E-state index is 14.1. The summed E-state index contributed by atoms with van der Waals surface area (Å²) in [6.07, 6.45) is -2.46. The normalized spacial score (nSPS) is 14.7. The quantitative estimate of drug-likeness (QED) is 0.151. The molecule has 0 spiro atoms. The van der Waals surface area contributed by atoms with E-state index in [9.17, 15) is 41.5 Å². The molecule has 17 heteroatoms. The fourth-order valence-electron chi connectivity index (χ4n) is 4.94. The first-order chi connectivity index (χ1) is 23.1. The molecule has 50 heavy (non-hydrogen) atoms. The number of amides is 4. The van der Waals surface area contributed by atoms with Crippen molar-refractivity contribution in [2.75, 3.05) is 18.6 Å². The summed E-state index contributed by atoms with van der Waals surface area (Å²) < 4.78 is 63.0. The predicted octanol–water partition coefficient (Wildman–Crippen LogP) is 2.24.